The second-order valence-corrected chi connectivity index (χ2v) is 4.00. The fourth-order valence-electron chi connectivity index (χ4n) is 0.980. The Kier molecular flexibility index (Phi) is 4.64. The second-order valence-electron chi connectivity index (χ2n) is 2.87. The third-order valence-corrected chi connectivity index (χ3v) is 2.43. The number of alkyl halides is 4. The van der Waals surface area contributed by atoms with Gasteiger partial charge in [-0.2, -0.15) is 0 Å². The number of rotatable bonds is 3. The number of carbonyl (C=O) groups excluding carboxylic acids is 1. The first-order valence-corrected chi connectivity index (χ1v) is 5.55. The summed E-state index contributed by atoms with van der Waals surface area (Å²) in [5.41, 5.74) is 0.317. The highest BCUT2D eigenvalue weighted by Crippen LogP contribution is 2.32. The van der Waals surface area contributed by atoms with E-state index in [0.29, 0.717) is 5.69 Å². The van der Waals surface area contributed by atoms with Crippen LogP contribution in [0.4, 0.5) is 18.9 Å². The highest BCUT2D eigenvalue weighted by Gasteiger charge is 2.31. The highest BCUT2D eigenvalue weighted by atomic mass is 79.9. The Labute approximate surface area is 108 Å². The molecule has 1 rings (SSSR count). The molecular weight excluding hydrogens is 326 g/mol. The summed E-state index contributed by atoms with van der Waals surface area (Å²) in [5, 5.41) is 2.38. The van der Waals surface area contributed by atoms with Crippen LogP contribution in [-0.4, -0.2) is 18.1 Å². The summed E-state index contributed by atoms with van der Waals surface area (Å²) in [7, 11) is 0. The van der Waals surface area contributed by atoms with E-state index in [4.69, 9.17) is 11.6 Å². The maximum Gasteiger partial charge on any atom is 0.573 e. The van der Waals surface area contributed by atoms with Crippen LogP contribution in [0.5, 0.6) is 5.75 Å². The fraction of sp³-hybridized carbons (Fsp3) is 0.222. The fourth-order valence-corrected chi connectivity index (χ4v) is 1.51. The number of hydrogen-bond donors (Lipinski definition) is 1. The average Bonchev–Trinajstić information content (AvgIpc) is 2.20. The summed E-state index contributed by atoms with van der Waals surface area (Å²) >= 11 is 8.17. The first-order chi connectivity index (χ1) is 7.81. The summed E-state index contributed by atoms with van der Waals surface area (Å²) in [4.78, 5) is 10.9. The van der Waals surface area contributed by atoms with Gasteiger partial charge in [-0.3, -0.25) is 4.79 Å². The number of anilines is 1. The van der Waals surface area contributed by atoms with Crippen molar-refractivity contribution in [3.05, 3.63) is 22.7 Å². The summed E-state index contributed by atoms with van der Waals surface area (Å²) in [6.45, 7) is 0. The van der Waals surface area contributed by atoms with Gasteiger partial charge in [-0.1, -0.05) is 0 Å². The van der Waals surface area contributed by atoms with Gasteiger partial charge >= 0.3 is 6.36 Å². The zero-order valence-corrected chi connectivity index (χ0v) is 10.5. The van der Waals surface area contributed by atoms with E-state index >= 15 is 0 Å². The molecule has 0 aliphatic heterocycles. The third-order valence-electron chi connectivity index (χ3n) is 1.56. The normalized spacial score (nSPS) is 11.1. The Morgan fingerprint density at radius 3 is 2.59 bits per heavy atom. The first kappa shape index (κ1) is 14.1. The summed E-state index contributed by atoms with van der Waals surface area (Å²) in [6, 6.07) is 3.64. The lowest BCUT2D eigenvalue weighted by Crippen LogP contribution is -2.17. The lowest BCUT2D eigenvalue weighted by atomic mass is 10.3. The van der Waals surface area contributed by atoms with Crippen LogP contribution in [0.15, 0.2) is 22.7 Å². The van der Waals surface area contributed by atoms with Gasteiger partial charge in [0, 0.05) is 5.69 Å². The van der Waals surface area contributed by atoms with Crippen molar-refractivity contribution in [1.82, 2.24) is 0 Å². The summed E-state index contributed by atoms with van der Waals surface area (Å²) in [5.74, 6) is -1.08. The maximum absolute atomic E-state index is 12.0. The van der Waals surface area contributed by atoms with Gasteiger partial charge in [0.2, 0.25) is 5.91 Å². The van der Waals surface area contributed by atoms with Crippen LogP contribution in [0.3, 0.4) is 0 Å². The Morgan fingerprint density at radius 2 is 2.12 bits per heavy atom. The van der Waals surface area contributed by atoms with Crippen molar-refractivity contribution in [2.45, 2.75) is 6.36 Å². The van der Waals surface area contributed by atoms with Gasteiger partial charge in [0.1, 0.15) is 11.6 Å². The number of halogens is 5. The molecule has 1 aromatic rings. The molecule has 8 heteroatoms. The Morgan fingerprint density at radius 1 is 1.47 bits per heavy atom. The van der Waals surface area contributed by atoms with Crippen molar-refractivity contribution in [2.75, 3.05) is 11.2 Å². The maximum atomic E-state index is 12.0. The van der Waals surface area contributed by atoms with Crippen molar-refractivity contribution in [3.8, 4) is 5.75 Å². The van der Waals surface area contributed by atoms with E-state index in [9.17, 15) is 18.0 Å². The predicted molar refractivity (Wildman–Crippen MR) is 60.2 cm³/mol. The van der Waals surface area contributed by atoms with Gasteiger partial charge in [-0.05, 0) is 34.1 Å². The van der Waals surface area contributed by atoms with Crippen LogP contribution in [0.2, 0.25) is 0 Å². The topological polar surface area (TPSA) is 38.3 Å². The van der Waals surface area contributed by atoms with E-state index in [2.05, 4.69) is 26.0 Å². The zero-order valence-electron chi connectivity index (χ0n) is 8.15. The van der Waals surface area contributed by atoms with E-state index < -0.39 is 12.3 Å². The molecule has 0 bridgehead atoms. The predicted octanol–water partition coefficient (Wildman–Crippen LogP) is 3.53. The van der Waals surface area contributed by atoms with Crippen LogP contribution in [0, 0.1) is 0 Å². The molecule has 94 valence electrons. The summed E-state index contributed by atoms with van der Waals surface area (Å²) < 4.78 is 39.7. The van der Waals surface area contributed by atoms with Crippen molar-refractivity contribution in [3.63, 3.8) is 0 Å². The standard InChI is InChI=1S/C9H6BrClF3NO2/c10-6-3-5(15-8(16)4-11)1-2-7(6)17-9(12,13)14/h1-3H,4H2,(H,15,16). The molecule has 0 atom stereocenters. The average molecular weight is 333 g/mol. The van der Waals surface area contributed by atoms with Crippen LogP contribution in [0.1, 0.15) is 0 Å². The number of carbonyl (C=O) groups is 1. The van der Waals surface area contributed by atoms with Gasteiger partial charge in [0.05, 0.1) is 4.47 Å². The Bertz CT molecular complexity index is 425. The molecule has 17 heavy (non-hydrogen) atoms. The molecule has 1 amide bonds. The van der Waals surface area contributed by atoms with Gasteiger partial charge in [0.15, 0.2) is 0 Å². The molecule has 0 aliphatic carbocycles. The monoisotopic (exact) mass is 331 g/mol. The largest absolute Gasteiger partial charge is 0.573 e. The van der Waals surface area contributed by atoms with Crippen molar-refractivity contribution in [1.29, 1.82) is 0 Å². The van der Waals surface area contributed by atoms with Crippen LogP contribution >= 0.6 is 27.5 Å². The van der Waals surface area contributed by atoms with Crippen LogP contribution in [-0.2, 0) is 4.79 Å². The molecule has 0 aliphatic rings. The van der Waals surface area contributed by atoms with E-state index in [1.54, 1.807) is 0 Å². The molecular formula is C9H6BrClF3NO2. The number of hydrogen-bond acceptors (Lipinski definition) is 2. The molecule has 0 saturated heterocycles. The van der Waals surface area contributed by atoms with Crippen molar-refractivity contribution in [2.24, 2.45) is 0 Å². The molecule has 0 unspecified atom stereocenters. The van der Waals surface area contributed by atoms with E-state index in [1.807, 2.05) is 0 Å². The van der Waals surface area contributed by atoms with Gasteiger partial charge < -0.3 is 10.1 Å². The summed E-state index contributed by atoms with van der Waals surface area (Å²) in [6.07, 6.45) is -4.76. The molecule has 0 fully saturated rings. The first-order valence-electron chi connectivity index (χ1n) is 4.23. The molecule has 1 N–H and O–H groups in total. The van der Waals surface area contributed by atoms with E-state index in [0.717, 1.165) is 6.07 Å². The minimum atomic E-state index is -4.76. The Balaban J connectivity index is 2.83. The lowest BCUT2D eigenvalue weighted by Gasteiger charge is -2.11. The molecule has 0 heterocycles. The van der Waals surface area contributed by atoms with Gasteiger partial charge in [-0.15, -0.1) is 24.8 Å². The molecule has 0 radical (unpaired) electrons. The molecule has 0 aromatic heterocycles. The van der Waals surface area contributed by atoms with Crippen LogP contribution < -0.4 is 10.1 Å². The SMILES string of the molecule is O=C(CCl)Nc1ccc(OC(F)(F)F)c(Br)c1. The zero-order chi connectivity index (χ0) is 13.1. The highest BCUT2D eigenvalue weighted by molar-refractivity contribution is 9.10. The van der Waals surface area contributed by atoms with Gasteiger partial charge in [0.25, 0.3) is 0 Å². The third kappa shape index (κ3) is 4.82. The lowest BCUT2D eigenvalue weighted by molar-refractivity contribution is -0.274. The van der Waals surface area contributed by atoms with Crippen LogP contribution in [0.25, 0.3) is 0 Å². The number of amides is 1. The minimum Gasteiger partial charge on any atom is -0.405 e. The van der Waals surface area contributed by atoms with E-state index in [1.165, 1.54) is 12.1 Å². The number of benzene rings is 1. The number of ether oxygens (including phenoxy) is 1. The minimum absolute atomic E-state index is 0.0715. The number of nitrogens with one attached hydrogen (secondary N) is 1. The van der Waals surface area contributed by atoms with Crippen molar-refractivity contribution >= 4 is 39.1 Å². The Hall–Kier alpha value is -0.950. The van der Waals surface area contributed by atoms with Crippen molar-refractivity contribution < 1.29 is 22.7 Å². The molecule has 0 spiro atoms. The smallest absolute Gasteiger partial charge is 0.405 e. The quantitative estimate of drug-likeness (QED) is 0.860. The van der Waals surface area contributed by atoms with Gasteiger partial charge in [-0.25, -0.2) is 0 Å². The molecule has 3 nitrogen and oxygen atoms in total. The molecule has 0 saturated carbocycles. The molecule has 1 aromatic carbocycles. The van der Waals surface area contributed by atoms with E-state index in [-0.39, 0.29) is 16.1 Å². The second kappa shape index (κ2) is 5.59.